The zero-order valence-electron chi connectivity index (χ0n) is 10.6. The fourth-order valence-electron chi connectivity index (χ4n) is 2.20. The summed E-state index contributed by atoms with van der Waals surface area (Å²) in [5.74, 6) is 1.41. The molecule has 1 heterocycles. The van der Waals surface area contributed by atoms with Gasteiger partial charge in [0.2, 0.25) is 0 Å². The van der Waals surface area contributed by atoms with Crippen LogP contribution in [0.3, 0.4) is 0 Å². The summed E-state index contributed by atoms with van der Waals surface area (Å²) in [6, 6.07) is 7.85. The van der Waals surface area contributed by atoms with E-state index in [-0.39, 0.29) is 12.0 Å². The summed E-state index contributed by atoms with van der Waals surface area (Å²) in [6.07, 6.45) is 0.355. The number of ether oxygens (including phenoxy) is 1. The molecule has 0 saturated carbocycles. The van der Waals surface area contributed by atoms with Crippen LogP contribution in [0.25, 0.3) is 0 Å². The van der Waals surface area contributed by atoms with Gasteiger partial charge in [-0.2, -0.15) is 0 Å². The molecule has 1 unspecified atom stereocenters. The number of amides is 1. The number of rotatable bonds is 3. The zero-order chi connectivity index (χ0) is 12.4. The highest BCUT2D eigenvalue weighted by atomic mass is 16.5. The predicted octanol–water partition coefficient (Wildman–Crippen LogP) is 2.10. The highest BCUT2D eigenvalue weighted by Crippen LogP contribution is 2.28. The standard InChI is InChI=1S/C14H19NO2/c1-10(2)9-15(3)14(16)13-8-11-6-4-5-7-12(11)17-13/h4-7,10,13H,8-9H2,1-3H3. The van der Waals surface area contributed by atoms with Crippen molar-refractivity contribution in [2.24, 2.45) is 5.92 Å². The smallest absolute Gasteiger partial charge is 0.263 e. The van der Waals surface area contributed by atoms with Gasteiger partial charge in [-0.25, -0.2) is 0 Å². The van der Waals surface area contributed by atoms with E-state index in [4.69, 9.17) is 4.74 Å². The number of hydrogen-bond donors (Lipinski definition) is 0. The lowest BCUT2D eigenvalue weighted by molar-refractivity contribution is -0.137. The van der Waals surface area contributed by atoms with Gasteiger partial charge in [-0.1, -0.05) is 32.0 Å². The van der Waals surface area contributed by atoms with E-state index in [1.165, 1.54) is 0 Å². The maximum Gasteiger partial charge on any atom is 0.263 e. The maximum absolute atomic E-state index is 12.2. The zero-order valence-corrected chi connectivity index (χ0v) is 10.6. The molecular formula is C14H19NO2. The highest BCUT2D eigenvalue weighted by Gasteiger charge is 2.30. The summed E-state index contributed by atoms with van der Waals surface area (Å²) >= 11 is 0. The molecule has 3 nitrogen and oxygen atoms in total. The maximum atomic E-state index is 12.2. The van der Waals surface area contributed by atoms with Gasteiger partial charge in [0.05, 0.1) is 0 Å². The SMILES string of the molecule is CC(C)CN(C)C(=O)C1Cc2ccccc2O1. The third-order valence-corrected chi connectivity index (χ3v) is 2.94. The topological polar surface area (TPSA) is 29.5 Å². The van der Waals surface area contributed by atoms with E-state index >= 15 is 0 Å². The van der Waals surface area contributed by atoms with Gasteiger partial charge in [-0.3, -0.25) is 4.79 Å². The van der Waals surface area contributed by atoms with Crippen molar-refractivity contribution in [3.63, 3.8) is 0 Å². The van der Waals surface area contributed by atoms with Crippen LogP contribution in [0.4, 0.5) is 0 Å². The summed E-state index contributed by atoms with van der Waals surface area (Å²) in [4.78, 5) is 13.9. The van der Waals surface area contributed by atoms with Crippen LogP contribution in [-0.4, -0.2) is 30.5 Å². The molecule has 0 aliphatic carbocycles. The Labute approximate surface area is 102 Å². The number of hydrogen-bond acceptors (Lipinski definition) is 2. The van der Waals surface area contributed by atoms with E-state index in [0.29, 0.717) is 12.3 Å². The van der Waals surface area contributed by atoms with Gasteiger partial charge < -0.3 is 9.64 Å². The van der Waals surface area contributed by atoms with E-state index < -0.39 is 0 Å². The van der Waals surface area contributed by atoms with Crippen molar-refractivity contribution in [2.75, 3.05) is 13.6 Å². The van der Waals surface area contributed by atoms with Crippen LogP contribution in [0.1, 0.15) is 19.4 Å². The number of fused-ring (bicyclic) bond motifs is 1. The molecular weight excluding hydrogens is 214 g/mol. The second kappa shape index (κ2) is 4.78. The Hall–Kier alpha value is -1.51. The number of carbonyl (C=O) groups excluding carboxylic acids is 1. The summed E-state index contributed by atoms with van der Waals surface area (Å²) < 4.78 is 5.68. The van der Waals surface area contributed by atoms with Gasteiger partial charge in [0.15, 0.2) is 6.10 Å². The summed E-state index contributed by atoms with van der Waals surface area (Å²) in [6.45, 7) is 4.98. The summed E-state index contributed by atoms with van der Waals surface area (Å²) in [7, 11) is 1.84. The number of likely N-dealkylation sites (N-methyl/N-ethyl adjacent to an activating group) is 1. The Morgan fingerprint density at radius 2 is 2.18 bits per heavy atom. The van der Waals surface area contributed by atoms with Crippen LogP contribution in [-0.2, 0) is 11.2 Å². The van der Waals surface area contributed by atoms with Gasteiger partial charge in [0, 0.05) is 20.0 Å². The molecule has 3 heteroatoms. The average molecular weight is 233 g/mol. The predicted molar refractivity (Wildman–Crippen MR) is 67.0 cm³/mol. The quantitative estimate of drug-likeness (QED) is 0.800. The molecule has 0 fully saturated rings. The molecule has 17 heavy (non-hydrogen) atoms. The Morgan fingerprint density at radius 1 is 1.47 bits per heavy atom. The lowest BCUT2D eigenvalue weighted by Gasteiger charge is -2.22. The van der Waals surface area contributed by atoms with Crippen LogP contribution in [0.2, 0.25) is 0 Å². The fourth-order valence-corrected chi connectivity index (χ4v) is 2.20. The number of para-hydroxylation sites is 1. The molecule has 1 amide bonds. The third kappa shape index (κ3) is 2.60. The average Bonchev–Trinajstić information content (AvgIpc) is 2.70. The first-order valence-electron chi connectivity index (χ1n) is 6.07. The van der Waals surface area contributed by atoms with Crippen molar-refractivity contribution in [3.8, 4) is 5.75 Å². The van der Waals surface area contributed by atoms with Gasteiger partial charge in [-0.15, -0.1) is 0 Å². The van der Waals surface area contributed by atoms with Gasteiger partial charge in [0.1, 0.15) is 5.75 Å². The van der Waals surface area contributed by atoms with E-state index in [9.17, 15) is 4.79 Å². The lowest BCUT2D eigenvalue weighted by Crippen LogP contribution is -2.40. The van der Waals surface area contributed by atoms with E-state index in [1.54, 1.807) is 4.90 Å². The first-order chi connectivity index (χ1) is 8.08. The Kier molecular flexibility index (Phi) is 3.36. The molecule has 1 aliphatic heterocycles. The van der Waals surface area contributed by atoms with Gasteiger partial charge >= 0.3 is 0 Å². The molecule has 1 aliphatic rings. The molecule has 0 spiro atoms. The van der Waals surface area contributed by atoms with Crippen molar-refractivity contribution in [1.82, 2.24) is 4.90 Å². The minimum Gasteiger partial charge on any atom is -0.480 e. The molecule has 2 rings (SSSR count). The molecule has 1 aromatic carbocycles. The van der Waals surface area contributed by atoms with Crippen LogP contribution in [0.15, 0.2) is 24.3 Å². The third-order valence-electron chi connectivity index (χ3n) is 2.94. The van der Waals surface area contributed by atoms with Crippen molar-refractivity contribution in [3.05, 3.63) is 29.8 Å². The van der Waals surface area contributed by atoms with Crippen LogP contribution in [0.5, 0.6) is 5.75 Å². The first-order valence-corrected chi connectivity index (χ1v) is 6.07. The minimum absolute atomic E-state index is 0.0786. The van der Waals surface area contributed by atoms with Crippen molar-refractivity contribution in [1.29, 1.82) is 0 Å². The largest absolute Gasteiger partial charge is 0.480 e. The van der Waals surface area contributed by atoms with Crippen LogP contribution < -0.4 is 4.74 Å². The Balaban J connectivity index is 2.01. The minimum atomic E-state index is -0.337. The molecule has 0 aromatic heterocycles. The van der Waals surface area contributed by atoms with E-state index in [2.05, 4.69) is 13.8 Å². The second-order valence-electron chi connectivity index (χ2n) is 5.03. The summed E-state index contributed by atoms with van der Waals surface area (Å²) in [5, 5.41) is 0. The molecule has 0 N–H and O–H groups in total. The van der Waals surface area contributed by atoms with Crippen LogP contribution in [0, 0.1) is 5.92 Å². The number of carbonyl (C=O) groups is 1. The van der Waals surface area contributed by atoms with Gasteiger partial charge in [-0.05, 0) is 17.5 Å². The van der Waals surface area contributed by atoms with Crippen molar-refractivity contribution >= 4 is 5.91 Å². The summed E-state index contributed by atoms with van der Waals surface area (Å²) in [5.41, 5.74) is 1.13. The molecule has 0 radical (unpaired) electrons. The van der Waals surface area contributed by atoms with Crippen LogP contribution >= 0.6 is 0 Å². The van der Waals surface area contributed by atoms with E-state index in [0.717, 1.165) is 17.9 Å². The van der Waals surface area contributed by atoms with Gasteiger partial charge in [0.25, 0.3) is 5.91 Å². The molecule has 1 aromatic rings. The molecule has 1 atom stereocenters. The Morgan fingerprint density at radius 3 is 2.82 bits per heavy atom. The first kappa shape index (κ1) is 12.0. The molecule has 92 valence electrons. The monoisotopic (exact) mass is 233 g/mol. The fraction of sp³-hybridized carbons (Fsp3) is 0.500. The lowest BCUT2D eigenvalue weighted by atomic mass is 10.1. The highest BCUT2D eigenvalue weighted by molar-refractivity contribution is 5.82. The number of benzene rings is 1. The molecule has 0 bridgehead atoms. The van der Waals surface area contributed by atoms with E-state index in [1.807, 2.05) is 31.3 Å². The Bertz CT molecular complexity index is 389. The second-order valence-corrected chi connectivity index (χ2v) is 5.03. The number of nitrogens with zero attached hydrogens (tertiary/aromatic N) is 1. The molecule has 0 saturated heterocycles. The van der Waals surface area contributed by atoms with Crippen molar-refractivity contribution < 1.29 is 9.53 Å². The normalized spacial score (nSPS) is 17.8. The van der Waals surface area contributed by atoms with Crippen molar-refractivity contribution in [2.45, 2.75) is 26.4 Å².